The summed E-state index contributed by atoms with van der Waals surface area (Å²) < 4.78 is 0. The van der Waals surface area contributed by atoms with E-state index in [1.165, 1.54) is 5.56 Å². The molecule has 2 atom stereocenters. The van der Waals surface area contributed by atoms with Gasteiger partial charge in [0.05, 0.1) is 6.07 Å². The first kappa shape index (κ1) is 13.1. The Morgan fingerprint density at radius 1 is 1.28 bits per heavy atom. The first-order valence-electron chi connectivity index (χ1n) is 6.55. The molecule has 0 saturated heterocycles. The van der Waals surface area contributed by atoms with Gasteiger partial charge in [-0.2, -0.15) is 5.26 Å². The number of nitrogens with one attached hydrogen (secondary N) is 1. The van der Waals surface area contributed by atoms with E-state index in [1.54, 1.807) is 0 Å². The second kappa shape index (κ2) is 4.10. The molecular formula is C16H22N2. The van der Waals surface area contributed by atoms with E-state index in [-0.39, 0.29) is 16.5 Å². The molecule has 2 nitrogen and oxygen atoms in total. The van der Waals surface area contributed by atoms with Gasteiger partial charge in [-0.05, 0) is 39.2 Å². The number of hydrogen-bond acceptors (Lipinski definition) is 2. The van der Waals surface area contributed by atoms with E-state index >= 15 is 0 Å². The molecule has 18 heavy (non-hydrogen) atoms. The lowest BCUT2D eigenvalue weighted by molar-refractivity contribution is 0.334. The van der Waals surface area contributed by atoms with Gasteiger partial charge in [-0.15, -0.1) is 0 Å². The van der Waals surface area contributed by atoms with Crippen LogP contribution >= 0.6 is 0 Å². The zero-order valence-corrected chi connectivity index (χ0v) is 11.7. The minimum absolute atomic E-state index is 0.0236. The molecule has 1 saturated carbocycles. The van der Waals surface area contributed by atoms with E-state index in [9.17, 15) is 5.26 Å². The summed E-state index contributed by atoms with van der Waals surface area (Å²) in [5, 5.41) is 13.0. The highest BCUT2D eigenvalue weighted by Gasteiger charge is 2.65. The first-order valence-corrected chi connectivity index (χ1v) is 6.55. The van der Waals surface area contributed by atoms with E-state index in [4.69, 9.17) is 0 Å². The molecule has 1 aromatic carbocycles. The lowest BCUT2D eigenvalue weighted by Crippen LogP contribution is -2.47. The average molecular weight is 242 g/mol. The highest BCUT2D eigenvalue weighted by molar-refractivity contribution is 5.35. The van der Waals surface area contributed by atoms with Crippen molar-refractivity contribution < 1.29 is 0 Å². The van der Waals surface area contributed by atoms with Crippen molar-refractivity contribution in [2.24, 2.45) is 5.41 Å². The lowest BCUT2D eigenvalue weighted by Gasteiger charge is -2.28. The maximum atomic E-state index is 9.52. The Morgan fingerprint density at radius 2 is 1.89 bits per heavy atom. The smallest absolute Gasteiger partial charge is 0.113 e. The summed E-state index contributed by atoms with van der Waals surface area (Å²) in [5.74, 6) is 0. The van der Waals surface area contributed by atoms with Crippen molar-refractivity contribution in [1.82, 2.24) is 5.32 Å². The van der Waals surface area contributed by atoms with Crippen LogP contribution in [0.25, 0.3) is 0 Å². The summed E-state index contributed by atoms with van der Waals surface area (Å²) in [6, 6.07) is 12.9. The summed E-state index contributed by atoms with van der Waals surface area (Å²) in [4.78, 5) is 0. The number of hydrogen-bond donors (Lipinski definition) is 1. The van der Waals surface area contributed by atoms with Gasteiger partial charge in [0.25, 0.3) is 0 Å². The van der Waals surface area contributed by atoms with Crippen molar-refractivity contribution in [1.29, 1.82) is 5.26 Å². The van der Waals surface area contributed by atoms with Crippen LogP contribution in [0, 0.1) is 16.7 Å². The van der Waals surface area contributed by atoms with Gasteiger partial charge >= 0.3 is 0 Å². The molecule has 0 bridgehead atoms. The summed E-state index contributed by atoms with van der Waals surface area (Å²) in [7, 11) is 0. The predicted molar refractivity (Wildman–Crippen MR) is 74.1 cm³/mol. The average Bonchev–Trinajstić information content (AvgIpc) is 2.82. The molecule has 0 radical (unpaired) electrons. The number of rotatable bonds is 3. The Morgan fingerprint density at radius 3 is 2.39 bits per heavy atom. The zero-order chi connectivity index (χ0) is 13.4. The number of benzene rings is 1. The van der Waals surface area contributed by atoms with Gasteiger partial charge in [0.15, 0.2) is 0 Å². The molecule has 1 aromatic rings. The molecule has 0 spiro atoms. The quantitative estimate of drug-likeness (QED) is 0.883. The normalized spacial score (nSPS) is 30.8. The second-order valence-corrected chi connectivity index (χ2v) is 6.79. The predicted octanol–water partition coefficient (Wildman–Crippen LogP) is 3.29. The van der Waals surface area contributed by atoms with Gasteiger partial charge in [-0.1, -0.05) is 37.3 Å². The highest BCUT2D eigenvalue weighted by atomic mass is 15.1. The molecule has 0 unspecified atom stereocenters. The van der Waals surface area contributed by atoms with Crippen LogP contribution in [0.3, 0.4) is 0 Å². The third kappa shape index (κ3) is 2.42. The Hall–Kier alpha value is -1.33. The van der Waals surface area contributed by atoms with Crippen molar-refractivity contribution in [3.8, 4) is 6.07 Å². The van der Waals surface area contributed by atoms with Crippen LogP contribution in [-0.4, -0.2) is 11.1 Å². The Balaban J connectivity index is 2.13. The van der Waals surface area contributed by atoms with Crippen LogP contribution < -0.4 is 5.32 Å². The fourth-order valence-corrected chi connectivity index (χ4v) is 2.84. The molecule has 0 heterocycles. The number of nitriles is 1. The van der Waals surface area contributed by atoms with Crippen molar-refractivity contribution in [3.05, 3.63) is 35.9 Å². The van der Waals surface area contributed by atoms with Crippen molar-refractivity contribution >= 4 is 0 Å². The summed E-state index contributed by atoms with van der Waals surface area (Å²) in [5.41, 5.74) is 0.981. The molecule has 2 heteroatoms. The third-order valence-corrected chi connectivity index (χ3v) is 3.78. The van der Waals surface area contributed by atoms with Gasteiger partial charge in [0.1, 0.15) is 5.54 Å². The van der Waals surface area contributed by atoms with Crippen LogP contribution in [0.5, 0.6) is 0 Å². The van der Waals surface area contributed by atoms with Gasteiger partial charge in [0.2, 0.25) is 0 Å². The lowest BCUT2D eigenvalue weighted by atomic mass is 9.92. The topological polar surface area (TPSA) is 35.8 Å². The van der Waals surface area contributed by atoms with Crippen LogP contribution in [0.4, 0.5) is 0 Å². The molecule has 0 aliphatic heterocycles. The Kier molecular flexibility index (Phi) is 2.99. The molecular weight excluding hydrogens is 220 g/mol. The Bertz CT molecular complexity index is 466. The minimum atomic E-state index is -0.360. The first-order chi connectivity index (χ1) is 8.30. The van der Waals surface area contributed by atoms with Gasteiger partial charge in [-0.25, -0.2) is 0 Å². The van der Waals surface area contributed by atoms with E-state index < -0.39 is 0 Å². The molecule has 0 aromatic heterocycles. The molecule has 1 aliphatic carbocycles. The van der Waals surface area contributed by atoms with E-state index in [2.05, 4.69) is 63.3 Å². The highest BCUT2D eigenvalue weighted by Crippen LogP contribution is 2.58. The molecule has 1 aliphatic rings. The van der Waals surface area contributed by atoms with Crippen molar-refractivity contribution in [2.75, 3.05) is 0 Å². The SMILES string of the molecule is CC(C)(C)N[C@]1(C#N)C[C@]1(C)Cc1ccccc1. The van der Waals surface area contributed by atoms with Crippen molar-refractivity contribution in [3.63, 3.8) is 0 Å². The summed E-state index contributed by atoms with van der Waals surface area (Å²) in [6.07, 6.45) is 1.90. The molecule has 1 fully saturated rings. The maximum Gasteiger partial charge on any atom is 0.113 e. The fourth-order valence-electron chi connectivity index (χ4n) is 2.84. The Labute approximate surface area is 110 Å². The molecule has 0 amide bonds. The van der Waals surface area contributed by atoms with Gasteiger partial charge in [-0.3, -0.25) is 5.32 Å². The summed E-state index contributed by atoms with van der Waals surface area (Å²) in [6.45, 7) is 8.57. The van der Waals surface area contributed by atoms with E-state index in [0.717, 1.165) is 12.8 Å². The van der Waals surface area contributed by atoms with Crippen molar-refractivity contribution in [2.45, 2.75) is 51.6 Å². The van der Waals surface area contributed by atoms with Gasteiger partial charge in [0, 0.05) is 11.0 Å². The van der Waals surface area contributed by atoms with Crippen LogP contribution in [0.2, 0.25) is 0 Å². The molecule has 1 N–H and O–H groups in total. The van der Waals surface area contributed by atoms with Crippen LogP contribution in [-0.2, 0) is 6.42 Å². The van der Waals surface area contributed by atoms with Crippen LogP contribution in [0.1, 0.15) is 39.7 Å². The van der Waals surface area contributed by atoms with E-state index in [0.29, 0.717) is 0 Å². The second-order valence-electron chi connectivity index (χ2n) is 6.79. The summed E-state index contributed by atoms with van der Waals surface area (Å²) >= 11 is 0. The monoisotopic (exact) mass is 242 g/mol. The largest absolute Gasteiger partial charge is 0.294 e. The standard InChI is InChI=1S/C16H22N2/c1-14(2,3)18-16(12-17)11-15(16,4)10-13-8-6-5-7-9-13/h5-9,18H,10-11H2,1-4H3/t15-,16-/m0/s1. The zero-order valence-electron chi connectivity index (χ0n) is 11.7. The van der Waals surface area contributed by atoms with Gasteiger partial charge < -0.3 is 0 Å². The minimum Gasteiger partial charge on any atom is -0.294 e. The van der Waals surface area contributed by atoms with E-state index in [1.807, 2.05) is 6.07 Å². The molecule has 2 rings (SSSR count). The number of nitrogens with zero attached hydrogens (tertiary/aromatic N) is 1. The molecule has 96 valence electrons. The third-order valence-electron chi connectivity index (χ3n) is 3.78. The maximum absolute atomic E-state index is 9.52. The fraction of sp³-hybridized carbons (Fsp3) is 0.562. The van der Waals surface area contributed by atoms with Crippen LogP contribution in [0.15, 0.2) is 30.3 Å².